The number of hydrogen-bond acceptors (Lipinski definition) is 2. The molecular formula is C18H26ClNO. The van der Waals surface area contributed by atoms with Crippen LogP contribution in [0.3, 0.4) is 0 Å². The Bertz CT molecular complexity index is 443. The molecule has 1 heterocycles. The van der Waals surface area contributed by atoms with E-state index in [9.17, 15) is 4.79 Å². The molecule has 0 aromatic heterocycles. The van der Waals surface area contributed by atoms with Crippen molar-refractivity contribution >= 4 is 17.4 Å². The molecule has 3 heteroatoms. The quantitative estimate of drug-likeness (QED) is 0.703. The Morgan fingerprint density at radius 1 is 1.24 bits per heavy atom. The summed E-state index contributed by atoms with van der Waals surface area (Å²) in [5, 5.41) is 0.682. The first-order valence-electron chi connectivity index (χ1n) is 8.20. The average molecular weight is 308 g/mol. The van der Waals surface area contributed by atoms with Crippen LogP contribution in [0.4, 0.5) is 0 Å². The van der Waals surface area contributed by atoms with E-state index in [-0.39, 0.29) is 5.78 Å². The van der Waals surface area contributed by atoms with Gasteiger partial charge in [-0.25, -0.2) is 0 Å². The summed E-state index contributed by atoms with van der Waals surface area (Å²) in [5.41, 5.74) is 0.776. The maximum atomic E-state index is 12.2. The Hall–Kier alpha value is -0.860. The molecule has 1 aromatic carbocycles. The third-order valence-corrected chi connectivity index (χ3v) is 4.71. The second-order valence-electron chi connectivity index (χ2n) is 6.11. The summed E-state index contributed by atoms with van der Waals surface area (Å²) in [6.07, 6.45) is 7.19. The van der Waals surface area contributed by atoms with E-state index in [4.69, 9.17) is 11.6 Å². The van der Waals surface area contributed by atoms with Crippen molar-refractivity contribution in [2.45, 2.75) is 45.4 Å². The Kier molecular flexibility index (Phi) is 6.72. The molecule has 0 amide bonds. The van der Waals surface area contributed by atoms with Gasteiger partial charge in [-0.1, -0.05) is 31.4 Å². The Labute approximate surface area is 133 Å². The van der Waals surface area contributed by atoms with E-state index in [2.05, 4.69) is 11.8 Å². The Balaban J connectivity index is 1.77. The largest absolute Gasteiger partial charge is 0.303 e. The summed E-state index contributed by atoms with van der Waals surface area (Å²) in [7, 11) is 0. The predicted molar refractivity (Wildman–Crippen MR) is 89.1 cm³/mol. The molecule has 0 spiro atoms. The van der Waals surface area contributed by atoms with Crippen LogP contribution in [-0.4, -0.2) is 30.3 Å². The maximum Gasteiger partial charge on any atom is 0.164 e. The minimum Gasteiger partial charge on any atom is -0.303 e. The molecule has 0 aliphatic carbocycles. The third kappa shape index (κ3) is 5.44. The van der Waals surface area contributed by atoms with E-state index < -0.39 is 0 Å². The van der Waals surface area contributed by atoms with Crippen molar-refractivity contribution in [3.05, 3.63) is 34.9 Å². The van der Waals surface area contributed by atoms with Crippen LogP contribution in [-0.2, 0) is 0 Å². The summed E-state index contributed by atoms with van der Waals surface area (Å²) >= 11 is 5.85. The molecule has 116 valence electrons. The van der Waals surface area contributed by atoms with Crippen LogP contribution in [0, 0.1) is 5.92 Å². The first kappa shape index (κ1) is 16.5. The molecule has 0 bridgehead atoms. The van der Waals surface area contributed by atoms with Gasteiger partial charge in [-0.3, -0.25) is 4.79 Å². The van der Waals surface area contributed by atoms with Crippen LogP contribution in [0.2, 0.25) is 5.02 Å². The fourth-order valence-electron chi connectivity index (χ4n) is 3.19. The van der Waals surface area contributed by atoms with Gasteiger partial charge >= 0.3 is 0 Å². The Morgan fingerprint density at radius 3 is 2.71 bits per heavy atom. The molecule has 1 aliphatic heterocycles. The highest BCUT2D eigenvalue weighted by molar-refractivity contribution is 6.30. The molecule has 2 rings (SSSR count). The van der Waals surface area contributed by atoms with Gasteiger partial charge in [-0.15, -0.1) is 0 Å². The fourth-order valence-corrected chi connectivity index (χ4v) is 3.31. The van der Waals surface area contributed by atoms with Crippen molar-refractivity contribution in [3.8, 4) is 0 Å². The van der Waals surface area contributed by atoms with E-state index in [1.165, 1.54) is 32.1 Å². The van der Waals surface area contributed by atoms with Crippen molar-refractivity contribution < 1.29 is 4.79 Å². The predicted octanol–water partition coefficient (Wildman–Crippen LogP) is 4.82. The lowest BCUT2D eigenvalue weighted by molar-refractivity contribution is 0.0964. The van der Waals surface area contributed by atoms with Crippen LogP contribution >= 0.6 is 11.6 Å². The number of halogens is 1. The van der Waals surface area contributed by atoms with E-state index in [1.807, 2.05) is 12.1 Å². The Morgan fingerprint density at radius 2 is 2.00 bits per heavy atom. The SMILES string of the molecule is CCCC1CCCN(CCC(=O)c2ccc(Cl)cc2)CC1. The highest BCUT2D eigenvalue weighted by atomic mass is 35.5. The number of ketones is 1. The number of likely N-dealkylation sites (tertiary alicyclic amines) is 1. The van der Waals surface area contributed by atoms with Gasteiger partial charge in [0.05, 0.1) is 0 Å². The number of benzene rings is 1. The number of carbonyl (C=O) groups excluding carboxylic acids is 1. The number of hydrogen-bond donors (Lipinski definition) is 0. The first-order chi connectivity index (χ1) is 10.2. The number of nitrogens with zero attached hydrogens (tertiary/aromatic N) is 1. The zero-order chi connectivity index (χ0) is 15.1. The average Bonchev–Trinajstić information content (AvgIpc) is 2.71. The topological polar surface area (TPSA) is 20.3 Å². The van der Waals surface area contributed by atoms with Crippen molar-refractivity contribution in [1.82, 2.24) is 4.90 Å². The summed E-state index contributed by atoms with van der Waals surface area (Å²) in [4.78, 5) is 14.6. The van der Waals surface area contributed by atoms with E-state index in [0.717, 1.165) is 31.1 Å². The lowest BCUT2D eigenvalue weighted by Gasteiger charge is -2.19. The van der Waals surface area contributed by atoms with Crippen LogP contribution in [0.25, 0.3) is 0 Å². The zero-order valence-corrected chi connectivity index (χ0v) is 13.7. The zero-order valence-electron chi connectivity index (χ0n) is 13.0. The molecule has 1 saturated heterocycles. The standard InChI is InChI=1S/C18H26ClNO/c1-2-4-15-5-3-12-20(13-10-15)14-11-18(21)16-6-8-17(19)9-7-16/h6-9,15H,2-5,10-14H2,1H3. The number of carbonyl (C=O) groups is 1. The van der Waals surface area contributed by atoms with Crippen LogP contribution in [0.1, 0.15) is 55.8 Å². The smallest absolute Gasteiger partial charge is 0.164 e. The van der Waals surface area contributed by atoms with Gasteiger partial charge in [0, 0.05) is 23.6 Å². The summed E-state index contributed by atoms with van der Waals surface area (Å²) in [6, 6.07) is 7.22. The number of Topliss-reactive ketones (excluding diaryl/α,β-unsaturated/α-hetero) is 1. The van der Waals surface area contributed by atoms with Gasteiger partial charge in [-0.05, 0) is 62.5 Å². The number of rotatable bonds is 6. The third-order valence-electron chi connectivity index (χ3n) is 4.46. The van der Waals surface area contributed by atoms with Gasteiger partial charge in [0.1, 0.15) is 0 Å². The maximum absolute atomic E-state index is 12.2. The molecule has 2 nitrogen and oxygen atoms in total. The fraction of sp³-hybridized carbons (Fsp3) is 0.611. The lowest BCUT2D eigenvalue weighted by atomic mass is 9.96. The van der Waals surface area contributed by atoms with Gasteiger partial charge in [0.2, 0.25) is 0 Å². The first-order valence-corrected chi connectivity index (χ1v) is 8.58. The molecule has 0 radical (unpaired) electrons. The van der Waals surface area contributed by atoms with Crippen LogP contribution in [0.15, 0.2) is 24.3 Å². The molecule has 1 aromatic rings. The molecule has 0 N–H and O–H groups in total. The summed E-state index contributed by atoms with van der Waals surface area (Å²) < 4.78 is 0. The van der Waals surface area contributed by atoms with Gasteiger partial charge in [0.15, 0.2) is 5.78 Å². The van der Waals surface area contributed by atoms with Crippen molar-refractivity contribution in [3.63, 3.8) is 0 Å². The molecular weight excluding hydrogens is 282 g/mol. The van der Waals surface area contributed by atoms with E-state index in [1.54, 1.807) is 12.1 Å². The summed E-state index contributed by atoms with van der Waals surface area (Å²) in [6.45, 7) is 5.46. The second-order valence-corrected chi connectivity index (χ2v) is 6.54. The van der Waals surface area contributed by atoms with Crippen molar-refractivity contribution in [2.75, 3.05) is 19.6 Å². The van der Waals surface area contributed by atoms with Crippen molar-refractivity contribution in [2.24, 2.45) is 5.92 Å². The molecule has 1 aliphatic rings. The van der Waals surface area contributed by atoms with Crippen LogP contribution < -0.4 is 0 Å². The molecule has 0 saturated carbocycles. The summed E-state index contributed by atoms with van der Waals surface area (Å²) in [5.74, 6) is 1.12. The van der Waals surface area contributed by atoms with Gasteiger partial charge in [-0.2, -0.15) is 0 Å². The van der Waals surface area contributed by atoms with Crippen LogP contribution in [0.5, 0.6) is 0 Å². The van der Waals surface area contributed by atoms with E-state index in [0.29, 0.717) is 11.4 Å². The minimum absolute atomic E-state index is 0.223. The lowest BCUT2D eigenvalue weighted by Crippen LogP contribution is -2.27. The minimum atomic E-state index is 0.223. The van der Waals surface area contributed by atoms with E-state index >= 15 is 0 Å². The normalized spacial score (nSPS) is 20.2. The highest BCUT2D eigenvalue weighted by Gasteiger charge is 2.17. The molecule has 21 heavy (non-hydrogen) atoms. The highest BCUT2D eigenvalue weighted by Crippen LogP contribution is 2.22. The van der Waals surface area contributed by atoms with Crippen molar-refractivity contribution in [1.29, 1.82) is 0 Å². The van der Waals surface area contributed by atoms with Gasteiger partial charge in [0.25, 0.3) is 0 Å². The molecule has 1 unspecified atom stereocenters. The molecule has 1 atom stereocenters. The monoisotopic (exact) mass is 307 g/mol. The second kappa shape index (κ2) is 8.55. The van der Waals surface area contributed by atoms with Gasteiger partial charge < -0.3 is 4.90 Å². The molecule has 1 fully saturated rings.